The number of sulfone groups is 1. The van der Waals surface area contributed by atoms with E-state index in [1.165, 1.54) is 18.3 Å². The highest BCUT2D eigenvalue weighted by atomic mass is 32.2. The number of hydrogen-bond acceptors (Lipinski definition) is 7. The van der Waals surface area contributed by atoms with Crippen molar-refractivity contribution in [2.24, 2.45) is 0 Å². The molecule has 1 aliphatic rings. The lowest BCUT2D eigenvalue weighted by Gasteiger charge is -2.22. The summed E-state index contributed by atoms with van der Waals surface area (Å²) in [6.45, 7) is 0.472. The van der Waals surface area contributed by atoms with E-state index in [9.17, 15) is 12.8 Å². The molecule has 1 N–H and O–H groups in total. The van der Waals surface area contributed by atoms with Gasteiger partial charge in [0, 0.05) is 19.6 Å². The van der Waals surface area contributed by atoms with Gasteiger partial charge in [-0.15, -0.1) is 5.10 Å². The quantitative estimate of drug-likeness (QED) is 0.867. The molecular weight excluding hydrogens is 333 g/mol. The zero-order chi connectivity index (χ0) is 17.2. The van der Waals surface area contributed by atoms with E-state index < -0.39 is 9.84 Å². The van der Waals surface area contributed by atoms with E-state index in [1.807, 2.05) is 0 Å². The van der Waals surface area contributed by atoms with Crippen LogP contribution in [0.1, 0.15) is 12.0 Å². The number of nitrogens with one attached hydrogen (secondary N) is 1. The zero-order valence-electron chi connectivity index (χ0n) is 13.2. The van der Waals surface area contributed by atoms with E-state index in [1.54, 1.807) is 24.1 Å². The predicted molar refractivity (Wildman–Crippen MR) is 89.0 cm³/mol. The maximum absolute atomic E-state index is 12.9. The summed E-state index contributed by atoms with van der Waals surface area (Å²) >= 11 is 0. The molecule has 128 valence electrons. The Kier molecular flexibility index (Phi) is 4.61. The molecule has 0 amide bonds. The Morgan fingerprint density at radius 1 is 1.33 bits per heavy atom. The van der Waals surface area contributed by atoms with Crippen LogP contribution in [-0.2, 0) is 16.4 Å². The smallest absolute Gasteiger partial charge is 0.247 e. The minimum atomic E-state index is -2.97. The molecule has 1 aromatic heterocycles. The highest BCUT2D eigenvalue weighted by Gasteiger charge is 2.31. The number of hydrogen-bond donors (Lipinski definition) is 1. The van der Waals surface area contributed by atoms with Gasteiger partial charge in [0.1, 0.15) is 5.82 Å². The number of aromatic nitrogens is 3. The summed E-state index contributed by atoms with van der Waals surface area (Å²) in [4.78, 5) is 6.12. The first kappa shape index (κ1) is 16.6. The maximum Gasteiger partial charge on any atom is 0.247 e. The molecule has 1 atom stereocenters. The summed E-state index contributed by atoms with van der Waals surface area (Å²) in [7, 11) is -1.20. The highest BCUT2D eigenvalue weighted by Crippen LogP contribution is 2.20. The molecule has 1 aromatic carbocycles. The van der Waals surface area contributed by atoms with Crippen LogP contribution in [0.5, 0.6) is 0 Å². The van der Waals surface area contributed by atoms with Crippen molar-refractivity contribution >= 4 is 21.6 Å². The van der Waals surface area contributed by atoms with Crippen LogP contribution in [0.2, 0.25) is 0 Å². The van der Waals surface area contributed by atoms with Crippen molar-refractivity contribution in [1.82, 2.24) is 15.2 Å². The topological polar surface area (TPSA) is 88.1 Å². The molecule has 0 aliphatic carbocycles. The molecular formula is C15H18FN5O2S. The van der Waals surface area contributed by atoms with Crippen molar-refractivity contribution in [2.45, 2.75) is 19.0 Å². The Labute approximate surface area is 139 Å². The van der Waals surface area contributed by atoms with Gasteiger partial charge in [0.2, 0.25) is 5.95 Å². The average Bonchev–Trinajstić information content (AvgIpc) is 2.94. The lowest BCUT2D eigenvalue weighted by Crippen LogP contribution is -2.34. The van der Waals surface area contributed by atoms with Crippen molar-refractivity contribution in [1.29, 1.82) is 0 Å². The van der Waals surface area contributed by atoms with E-state index in [-0.39, 0.29) is 23.4 Å². The second-order valence-corrected chi connectivity index (χ2v) is 8.02. The Morgan fingerprint density at radius 2 is 2.08 bits per heavy atom. The fourth-order valence-corrected chi connectivity index (χ4v) is 4.34. The van der Waals surface area contributed by atoms with Crippen LogP contribution >= 0.6 is 0 Å². The first-order valence-electron chi connectivity index (χ1n) is 7.54. The summed E-state index contributed by atoms with van der Waals surface area (Å²) < 4.78 is 36.1. The van der Waals surface area contributed by atoms with Gasteiger partial charge in [0.25, 0.3) is 0 Å². The predicted octanol–water partition coefficient (Wildman–Crippen LogP) is 1.25. The molecule has 3 rings (SSSR count). The van der Waals surface area contributed by atoms with Crippen molar-refractivity contribution in [3.63, 3.8) is 0 Å². The summed E-state index contributed by atoms with van der Waals surface area (Å²) in [5.41, 5.74) is 0.909. The molecule has 1 saturated heterocycles. The van der Waals surface area contributed by atoms with E-state index in [4.69, 9.17) is 0 Å². The molecule has 0 bridgehead atoms. The molecule has 7 nitrogen and oxygen atoms in total. The van der Waals surface area contributed by atoms with Gasteiger partial charge in [0.05, 0.1) is 17.7 Å². The maximum atomic E-state index is 12.9. The first-order valence-corrected chi connectivity index (χ1v) is 9.36. The third-order valence-electron chi connectivity index (χ3n) is 4.01. The second-order valence-electron chi connectivity index (χ2n) is 5.79. The van der Waals surface area contributed by atoms with Gasteiger partial charge in [-0.25, -0.2) is 12.8 Å². The van der Waals surface area contributed by atoms with Gasteiger partial charge in [-0.2, -0.15) is 10.1 Å². The highest BCUT2D eigenvalue weighted by molar-refractivity contribution is 7.91. The van der Waals surface area contributed by atoms with Gasteiger partial charge in [-0.05, 0) is 24.1 Å². The van der Waals surface area contributed by atoms with Crippen LogP contribution in [0.3, 0.4) is 0 Å². The van der Waals surface area contributed by atoms with Gasteiger partial charge in [-0.3, -0.25) is 0 Å². The van der Waals surface area contributed by atoms with Crippen LogP contribution in [-0.4, -0.2) is 48.2 Å². The average molecular weight is 351 g/mol. The molecule has 0 spiro atoms. The molecule has 2 heterocycles. The van der Waals surface area contributed by atoms with E-state index in [2.05, 4.69) is 20.5 Å². The SMILES string of the molecule is CN(c1nncc(NCc2ccc(F)cc2)n1)C1CCS(=O)(=O)C1. The lowest BCUT2D eigenvalue weighted by atomic mass is 10.2. The molecule has 1 aliphatic heterocycles. The minimum absolute atomic E-state index is 0.111. The Hall–Kier alpha value is -2.29. The monoisotopic (exact) mass is 351 g/mol. The van der Waals surface area contributed by atoms with E-state index >= 15 is 0 Å². The molecule has 9 heteroatoms. The fourth-order valence-electron chi connectivity index (χ4n) is 2.57. The van der Waals surface area contributed by atoms with Crippen LogP contribution < -0.4 is 10.2 Å². The van der Waals surface area contributed by atoms with Crippen molar-refractivity contribution in [2.75, 3.05) is 28.8 Å². The van der Waals surface area contributed by atoms with Crippen LogP contribution in [0, 0.1) is 5.82 Å². The number of rotatable bonds is 5. The standard InChI is InChI=1S/C15H18FN5O2S/c1-21(13-6-7-24(22,23)10-13)15-19-14(9-18-20-15)17-8-11-2-4-12(16)5-3-11/h2-5,9,13H,6-8,10H2,1H3,(H,17,19,20). The number of nitrogens with zero attached hydrogens (tertiary/aromatic N) is 4. The number of halogens is 1. The molecule has 2 aromatic rings. The number of benzene rings is 1. The van der Waals surface area contributed by atoms with Crippen LogP contribution in [0.25, 0.3) is 0 Å². The van der Waals surface area contributed by atoms with Crippen molar-refractivity contribution in [3.8, 4) is 0 Å². The second kappa shape index (κ2) is 6.68. The Balaban J connectivity index is 1.66. The van der Waals surface area contributed by atoms with E-state index in [0.29, 0.717) is 24.7 Å². The summed E-state index contributed by atoms with van der Waals surface area (Å²) in [5.74, 6) is 0.925. The first-order chi connectivity index (χ1) is 11.4. The molecule has 0 radical (unpaired) electrons. The number of anilines is 2. The molecule has 1 fully saturated rings. The zero-order valence-corrected chi connectivity index (χ0v) is 14.0. The third-order valence-corrected chi connectivity index (χ3v) is 5.76. The summed E-state index contributed by atoms with van der Waals surface area (Å²) in [5, 5.41) is 11.0. The van der Waals surface area contributed by atoms with E-state index in [0.717, 1.165) is 5.56 Å². The normalized spacial score (nSPS) is 19.2. The van der Waals surface area contributed by atoms with Gasteiger partial charge >= 0.3 is 0 Å². The van der Waals surface area contributed by atoms with Gasteiger partial charge in [-0.1, -0.05) is 12.1 Å². The summed E-state index contributed by atoms with van der Waals surface area (Å²) in [6.07, 6.45) is 2.06. The minimum Gasteiger partial charge on any atom is -0.365 e. The largest absolute Gasteiger partial charge is 0.365 e. The van der Waals surface area contributed by atoms with Gasteiger partial charge < -0.3 is 10.2 Å². The van der Waals surface area contributed by atoms with Gasteiger partial charge in [0.15, 0.2) is 15.7 Å². The lowest BCUT2D eigenvalue weighted by molar-refractivity contribution is 0.600. The van der Waals surface area contributed by atoms with Crippen molar-refractivity contribution < 1.29 is 12.8 Å². The fraction of sp³-hybridized carbons (Fsp3) is 0.400. The van der Waals surface area contributed by atoms with Crippen LogP contribution in [0.15, 0.2) is 30.5 Å². The van der Waals surface area contributed by atoms with Crippen molar-refractivity contribution in [3.05, 3.63) is 41.8 Å². The molecule has 1 unspecified atom stereocenters. The Morgan fingerprint density at radius 3 is 2.75 bits per heavy atom. The third kappa shape index (κ3) is 3.97. The molecule has 24 heavy (non-hydrogen) atoms. The molecule has 0 saturated carbocycles. The van der Waals surface area contributed by atoms with Crippen LogP contribution in [0.4, 0.5) is 16.2 Å². The summed E-state index contributed by atoms with van der Waals surface area (Å²) in [6, 6.07) is 6.04. The Bertz CT molecular complexity index is 813.